The van der Waals surface area contributed by atoms with Crippen molar-refractivity contribution in [1.29, 1.82) is 0 Å². The summed E-state index contributed by atoms with van der Waals surface area (Å²) in [4.78, 5) is 27.2. The van der Waals surface area contributed by atoms with Gasteiger partial charge in [-0.3, -0.25) is 9.69 Å². The lowest BCUT2D eigenvalue weighted by molar-refractivity contribution is -0.0547. The van der Waals surface area contributed by atoms with Gasteiger partial charge in [-0.2, -0.15) is 0 Å². The number of hydrogen-bond acceptors (Lipinski definition) is 6. The molecule has 4 aliphatic heterocycles. The van der Waals surface area contributed by atoms with E-state index >= 15 is 0 Å². The zero-order chi connectivity index (χ0) is 26.1. The van der Waals surface area contributed by atoms with E-state index in [-0.39, 0.29) is 18.1 Å². The highest BCUT2D eigenvalue weighted by molar-refractivity contribution is 5.93. The summed E-state index contributed by atoms with van der Waals surface area (Å²) in [7, 11) is 0. The summed E-state index contributed by atoms with van der Waals surface area (Å²) in [5.41, 5.74) is 5.03. The van der Waals surface area contributed by atoms with E-state index in [4.69, 9.17) is 9.47 Å². The van der Waals surface area contributed by atoms with Gasteiger partial charge in [-0.25, -0.2) is 9.97 Å². The van der Waals surface area contributed by atoms with Gasteiger partial charge in [0.1, 0.15) is 12.0 Å². The molecule has 0 N–H and O–H groups in total. The smallest absolute Gasteiger partial charge is 0.272 e. The number of fused-ring (bicyclic) bond motifs is 1. The second kappa shape index (κ2) is 11.4. The molecule has 2 aromatic rings. The molecule has 0 aliphatic carbocycles. The van der Waals surface area contributed by atoms with Crippen LogP contribution in [0, 0.1) is 25.7 Å². The zero-order valence-corrected chi connectivity index (χ0v) is 23.0. The van der Waals surface area contributed by atoms with Crippen molar-refractivity contribution in [2.45, 2.75) is 77.0 Å². The van der Waals surface area contributed by atoms with Crippen LogP contribution in [0.1, 0.15) is 77.5 Å². The first-order valence-electron chi connectivity index (χ1n) is 14.7. The number of piperidine rings is 1. The molecular weight excluding hydrogens is 476 g/mol. The largest absolute Gasteiger partial charge is 0.381 e. The maximum Gasteiger partial charge on any atom is 0.272 e. The predicted molar refractivity (Wildman–Crippen MR) is 146 cm³/mol. The Kier molecular flexibility index (Phi) is 7.77. The Morgan fingerprint density at radius 3 is 2.45 bits per heavy atom. The lowest BCUT2D eigenvalue weighted by Gasteiger charge is -2.37. The molecule has 204 valence electrons. The fourth-order valence-electron chi connectivity index (χ4n) is 7.00. The first-order valence-corrected chi connectivity index (χ1v) is 14.7. The molecule has 1 aromatic heterocycles. The van der Waals surface area contributed by atoms with E-state index in [1.807, 2.05) is 11.8 Å². The summed E-state index contributed by atoms with van der Waals surface area (Å²) in [6, 6.07) is 9.32. The number of nitrogens with zero attached hydrogens (tertiary/aromatic N) is 4. The number of likely N-dealkylation sites (tertiary alicyclic amines) is 2. The van der Waals surface area contributed by atoms with Crippen molar-refractivity contribution in [2.75, 3.05) is 39.4 Å². The molecule has 0 saturated carbocycles. The number of amides is 1. The average Bonchev–Trinajstić information content (AvgIpc) is 3.56. The number of aryl methyl sites for hydroxylation is 2. The van der Waals surface area contributed by atoms with Crippen LogP contribution in [0.2, 0.25) is 0 Å². The number of carbonyl (C=O) groups is 1. The Hall–Kier alpha value is -2.35. The van der Waals surface area contributed by atoms with Gasteiger partial charge < -0.3 is 14.4 Å². The van der Waals surface area contributed by atoms with E-state index in [2.05, 4.69) is 46.1 Å². The van der Waals surface area contributed by atoms with Crippen molar-refractivity contribution >= 4 is 5.91 Å². The lowest BCUT2D eigenvalue weighted by atomic mass is 9.95. The van der Waals surface area contributed by atoms with E-state index in [1.54, 1.807) is 6.33 Å². The van der Waals surface area contributed by atoms with Gasteiger partial charge in [0.05, 0.1) is 25.4 Å². The van der Waals surface area contributed by atoms with Crippen LogP contribution in [0.3, 0.4) is 0 Å². The minimum absolute atomic E-state index is 0.0599. The average molecular weight is 519 g/mol. The highest BCUT2D eigenvalue weighted by Gasteiger charge is 2.40. The van der Waals surface area contributed by atoms with Crippen molar-refractivity contribution in [3.8, 4) is 0 Å². The number of benzene rings is 1. The second-order valence-electron chi connectivity index (χ2n) is 12.0. The molecule has 6 rings (SSSR count). The number of hydrogen-bond donors (Lipinski definition) is 0. The van der Waals surface area contributed by atoms with Crippen LogP contribution in [0.25, 0.3) is 0 Å². The molecule has 4 fully saturated rings. The monoisotopic (exact) mass is 518 g/mol. The summed E-state index contributed by atoms with van der Waals surface area (Å²) in [6.07, 6.45) is 9.13. The minimum Gasteiger partial charge on any atom is -0.381 e. The molecule has 2 unspecified atom stereocenters. The van der Waals surface area contributed by atoms with E-state index in [1.165, 1.54) is 17.5 Å². The molecular formula is C31H42N4O3. The van der Waals surface area contributed by atoms with Gasteiger partial charge in [0, 0.05) is 55.3 Å². The topological polar surface area (TPSA) is 67.8 Å². The van der Waals surface area contributed by atoms with Gasteiger partial charge in [-0.15, -0.1) is 0 Å². The standard InChI is InChI=1S/C31H42N4O3/c1-21-6-8-23(9-7-21)29-5-3-4-27(38-29)10-11-28-22(2)30(33-20-32-28)31(36)34-14-12-26(13-15-34)35-16-24-18-37-19-25(24)17-35/h6-9,20,24-27,29H,3-5,10-19H2,1-2H3/t24?,25?,27-,29+/m1/s1. The van der Waals surface area contributed by atoms with Gasteiger partial charge in [0.2, 0.25) is 0 Å². The molecule has 4 saturated heterocycles. The Morgan fingerprint density at radius 1 is 0.974 bits per heavy atom. The SMILES string of the molecule is Cc1ccc([C@@H]2CCC[C@H](CCc3ncnc(C(=O)N4CCC(N5CC6COCC6C5)CC4)c3C)O2)cc1. The zero-order valence-electron chi connectivity index (χ0n) is 23.0. The van der Waals surface area contributed by atoms with Gasteiger partial charge in [0.25, 0.3) is 5.91 Å². The summed E-state index contributed by atoms with van der Waals surface area (Å²) < 4.78 is 12.1. The molecule has 1 amide bonds. The van der Waals surface area contributed by atoms with E-state index < -0.39 is 0 Å². The lowest BCUT2D eigenvalue weighted by Crippen LogP contribution is -2.46. The highest BCUT2D eigenvalue weighted by Crippen LogP contribution is 2.34. The Labute approximate surface area is 226 Å². The Morgan fingerprint density at radius 2 is 1.71 bits per heavy atom. The fraction of sp³-hybridized carbons (Fsp3) is 0.645. The van der Waals surface area contributed by atoms with Crippen LogP contribution in [0.5, 0.6) is 0 Å². The van der Waals surface area contributed by atoms with Crippen LogP contribution in [-0.2, 0) is 15.9 Å². The molecule has 0 bridgehead atoms. The minimum atomic E-state index is 0.0599. The molecule has 5 heterocycles. The third-order valence-corrected chi connectivity index (χ3v) is 9.43. The fourth-order valence-corrected chi connectivity index (χ4v) is 7.00. The molecule has 4 atom stereocenters. The Balaban J connectivity index is 1.02. The second-order valence-corrected chi connectivity index (χ2v) is 12.0. The number of ether oxygens (including phenoxy) is 2. The molecule has 7 heteroatoms. The summed E-state index contributed by atoms with van der Waals surface area (Å²) in [5, 5.41) is 0. The van der Waals surface area contributed by atoms with Crippen molar-refractivity contribution in [3.05, 3.63) is 58.7 Å². The Bertz CT molecular complexity index is 1100. The van der Waals surface area contributed by atoms with Crippen LogP contribution in [-0.4, -0.2) is 77.2 Å². The molecule has 4 aliphatic rings. The molecule has 0 spiro atoms. The van der Waals surface area contributed by atoms with Crippen molar-refractivity contribution in [2.24, 2.45) is 11.8 Å². The summed E-state index contributed by atoms with van der Waals surface area (Å²) >= 11 is 0. The van der Waals surface area contributed by atoms with Crippen LogP contribution >= 0.6 is 0 Å². The number of carbonyl (C=O) groups excluding carboxylic acids is 1. The number of rotatable bonds is 6. The molecule has 0 radical (unpaired) electrons. The van der Waals surface area contributed by atoms with E-state index in [0.29, 0.717) is 23.6 Å². The van der Waals surface area contributed by atoms with Crippen LogP contribution in [0.4, 0.5) is 0 Å². The van der Waals surface area contributed by atoms with Crippen LogP contribution < -0.4 is 0 Å². The summed E-state index contributed by atoms with van der Waals surface area (Å²) in [5.74, 6) is 1.48. The quantitative estimate of drug-likeness (QED) is 0.560. The number of aromatic nitrogens is 2. The van der Waals surface area contributed by atoms with E-state index in [0.717, 1.165) is 89.2 Å². The third kappa shape index (κ3) is 5.51. The van der Waals surface area contributed by atoms with Gasteiger partial charge >= 0.3 is 0 Å². The predicted octanol–water partition coefficient (Wildman–Crippen LogP) is 4.52. The van der Waals surface area contributed by atoms with Gasteiger partial charge in [-0.1, -0.05) is 29.8 Å². The molecule has 38 heavy (non-hydrogen) atoms. The van der Waals surface area contributed by atoms with Crippen molar-refractivity contribution in [1.82, 2.24) is 19.8 Å². The van der Waals surface area contributed by atoms with Gasteiger partial charge in [-0.05, 0) is 64.4 Å². The molecule has 1 aromatic carbocycles. The third-order valence-electron chi connectivity index (χ3n) is 9.43. The first kappa shape index (κ1) is 25.9. The summed E-state index contributed by atoms with van der Waals surface area (Å²) in [6.45, 7) is 9.91. The molecule has 7 nitrogen and oxygen atoms in total. The van der Waals surface area contributed by atoms with E-state index in [9.17, 15) is 4.79 Å². The maximum atomic E-state index is 13.5. The van der Waals surface area contributed by atoms with Crippen molar-refractivity contribution in [3.63, 3.8) is 0 Å². The first-order chi connectivity index (χ1) is 18.5. The normalized spacial score (nSPS) is 28.5. The maximum absolute atomic E-state index is 13.5. The van der Waals surface area contributed by atoms with Crippen molar-refractivity contribution < 1.29 is 14.3 Å². The van der Waals surface area contributed by atoms with Gasteiger partial charge in [0.15, 0.2) is 0 Å². The van der Waals surface area contributed by atoms with Crippen LogP contribution in [0.15, 0.2) is 30.6 Å². The highest BCUT2D eigenvalue weighted by atomic mass is 16.5.